The molecule has 1 aromatic rings. The fourth-order valence-electron chi connectivity index (χ4n) is 0.730. The number of alkyl halides is 3. The van der Waals surface area contributed by atoms with Crippen LogP contribution in [0.3, 0.4) is 0 Å². The molecule has 0 saturated carbocycles. The topological polar surface area (TPSA) is 20.2 Å². The van der Waals surface area contributed by atoms with Gasteiger partial charge in [0.15, 0.2) is 0 Å². The van der Waals surface area contributed by atoms with E-state index in [0.29, 0.717) is 12.1 Å². The number of halogens is 4. The van der Waals surface area contributed by atoms with Gasteiger partial charge in [0.05, 0.1) is 5.56 Å². The minimum Gasteiger partial charge on any atom is -0.508 e. The molecule has 0 saturated heterocycles. The van der Waals surface area contributed by atoms with Crippen molar-refractivity contribution in [2.24, 2.45) is 0 Å². The number of hydrogen-bond donors (Lipinski definition) is 1. The summed E-state index contributed by atoms with van der Waals surface area (Å²) in [6, 6.07) is 1.76. The van der Waals surface area contributed by atoms with Gasteiger partial charge in [-0.15, -0.1) is 0 Å². The molecule has 0 aliphatic rings. The van der Waals surface area contributed by atoms with Crippen molar-refractivity contribution in [3.63, 3.8) is 0 Å². The van der Waals surface area contributed by atoms with Gasteiger partial charge in [-0.3, -0.25) is 0 Å². The van der Waals surface area contributed by atoms with Crippen molar-refractivity contribution in [3.05, 3.63) is 29.6 Å². The summed E-state index contributed by atoms with van der Waals surface area (Å²) in [7, 11) is 0. The van der Waals surface area contributed by atoms with Crippen molar-refractivity contribution in [1.82, 2.24) is 0 Å². The molecule has 0 aliphatic heterocycles. The molecule has 80 valence electrons. The molecule has 0 fully saturated rings. The van der Waals surface area contributed by atoms with Gasteiger partial charge in [-0.05, 0) is 18.2 Å². The average Bonchev–Trinajstić information content (AvgIpc) is 2.11. The highest BCUT2D eigenvalue weighted by atomic mass is 19.4. The Bertz CT molecular complexity index is 293. The number of benzene rings is 1. The van der Waals surface area contributed by atoms with Crippen LogP contribution in [0.5, 0.6) is 5.75 Å². The quantitative estimate of drug-likeness (QED) is 0.649. The molecule has 0 amide bonds. The first-order valence-corrected chi connectivity index (χ1v) is 3.97. The highest BCUT2D eigenvalue weighted by Gasteiger charge is 2.34. The van der Waals surface area contributed by atoms with Crippen molar-refractivity contribution in [2.75, 3.05) is 0 Å². The predicted octanol–water partition coefficient (Wildman–Crippen LogP) is 3.58. The third-order valence-electron chi connectivity index (χ3n) is 1.26. The van der Waals surface area contributed by atoms with Crippen LogP contribution in [0.4, 0.5) is 17.6 Å². The van der Waals surface area contributed by atoms with Crippen molar-refractivity contribution >= 4 is 0 Å². The molecule has 1 N–H and O–H groups in total. The van der Waals surface area contributed by atoms with Crippen molar-refractivity contribution in [2.45, 2.75) is 20.0 Å². The summed E-state index contributed by atoms with van der Waals surface area (Å²) in [5.74, 6) is -2.00. The largest absolute Gasteiger partial charge is 0.508 e. The molecule has 0 spiro atoms. The number of phenols is 1. The SMILES string of the molecule is CC.Oc1ccc(F)c(C(F)(F)F)c1. The van der Waals surface area contributed by atoms with Crippen LogP contribution in [-0.4, -0.2) is 5.11 Å². The minimum absolute atomic E-state index is 0.343. The number of aromatic hydroxyl groups is 1. The summed E-state index contributed by atoms with van der Waals surface area (Å²) in [6.07, 6.45) is -4.76. The fourth-order valence-corrected chi connectivity index (χ4v) is 0.730. The van der Waals surface area contributed by atoms with Gasteiger partial charge in [-0.1, -0.05) is 13.8 Å². The molecular weight excluding hydrogens is 200 g/mol. The highest BCUT2D eigenvalue weighted by Crippen LogP contribution is 2.33. The van der Waals surface area contributed by atoms with E-state index in [-0.39, 0.29) is 0 Å². The molecule has 0 radical (unpaired) electrons. The fraction of sp³-hybridized carbons (Fsp3) is 0.333. The molecule has 1 aromatic carbocycles. The molecule has 0 bridgehead atoms. The number of hydrogen-bond acceptors (Lipinski definition) is 1. The lowest BCUT2D eigenvalue weighted by atomic mass is 10.2. The third-order valence-corrected chi connectivity index (χ3v) is 1.26. The van der Waals surface area contributed by atoms with Crippen molar-refractivity contribution in [3.8, 4) is 5.75 Å². The minimum atomic E-state index is -4.76. The first-order chi connectivity index (χ1) is 6.41. The summed E-state index contributed by atoms with van der Waals surface area (Å²) >= 11 is 0. The summed E-state index contributed by atoms with van der Waals surface area (Å²) in [6.45, 7) is 4.00. The molecule has 0 unspecified atom stereocenters. The molecule has 0 aliphatic carbocycles. The molecule has 0 aromatic heterocycles. The molecular formula is C9H10F4O. The van der Waals surface area contributed by atoms with Crippen LogP contribution in [0.25, 0.3) is 0 Å². The zero-order valence-electron chi connectivity index (χ0n) is 7.69. The standard InChI is InChI=1S/C7H4F4O.C2H6/c8-6-2-1-4(12)3-5(6)7(9,10)11;1-2/h1-3,12H;1-2H3. The first kappa shape index (κ1) is 12.7. The van der Waals surface area contributed by atoms with Gasteiger partial charge in [-0.25, -0.2) is 4.39 Å². The van der Waals surface area contributed by atoms with Crippen molar-refractivity contribution in [1.29, 1.82) is 0 Å². The molecule has 0 atom stereocenters. The normalized spacial score (nSPS) is 10.4. The van der Waals surface area contributed by atoms with E-state index in [0.717, 1.165) is 6.07 Å². The number of phenolic OH excluding ortho intramolecular Hbond substituents is 1. The van der Waals surface area contributed by atoms with Crippen LogP contribution < -0.4 is 0 Å². The summed E-state index contributed by atoms with van der Waals surface area (Å²) in [4.78, 5) is 0. The third kappa shape index (κ3) is 3.24. The predicted molar refractivity (Wildman–Crippen MR) is 44.4 cm³/mol. The Morgan fingerprint density at radius 3 is 2.00 bits per heavy atom. The second-order valence-electron chi connectivity index (χ2n) is 2.16. The Morgan fingerprint density at radius 1 is 1.14 bits per heavy atom. The molecule has 1 nitrogen and oxygen atoms in total. The number of rotatable bonds is 0. The Hall–Kier alpha value is -1.26. The average molecular weight is 210 g/mol. The monoisotopic (exact) mass is 210 g/mol. The Kier molecular flexibility index (Phi) is 4.40. The van der Waals surface area contributed by atoms with Gasteiger partial charge in [0.2, 0.25) is 0 Å². The highest BCUT2D eigenvalue weighted by molar-refractivity contribution is 5.30. The van der Waals surface area contributed by atoms with E-state index in [2.05, 4.69) is 0 Å². The van der Waals surface area contributed by atoms with Crippen molar-refractivity contribution < 1.29 is 22.7 Å². The van der Waals surface area contributed by atoms with Crippen LogP contribution >= 0.6 is 0 Å². The molecule has 1 rings (SSSR count). The Labute approximate surface area is 79.0 Å². The zero-order valence-corrected chi connectivity index (χ0v) is 7.69. The second-order valence-corrected chi connectivity index (χ2v) is 2.16. The van der Waals surface area contributed by atoms with E-state index >= 15 is 0 Å². The Balaban J connectivity index is 0.000000791. The lowest BCUT2D eigenvalue weighted by molar-refractivity contribution is -0.140. The summed E-state index contributed by atoms with van der Waals surface area (Å²) < 4.78 is 48.1. The van der Waals surface area contributed by atoms with Gasteiger partial charge in [-0.2, -0.15) is 13.2 Å². The van der Waals surface area contributed by atoms with Gasteiger partial charge < -0.3 is 5.11 Å². The van der Waals surface area contributed by atoms with E-state index in [4.69, 9.17) is 5.11 Å². The van der Waals surface area contributed by atoms with E-state index < -0.39 is 23.3 Å². The van der Waals surface area contributed by atoms with Gasteiger partial charge in [0.1, 0.15) is 11.6 Å². The van der Waals surface area contributed by atoms with Crippen LogP contribution in [-0.2, 0) is 6.18 Å². The van der Waals surface area contributed by atoms with E-state index in [1.165, 1.54) is 0 Å². The van der Waals surface area contributed by atoms with Crippen LogP contribution in [0.15, 0.2) is 18.2 Å². The maximum Gasteiger partial charge on any atom is 0.419 e. The lowest BCUT2D eigenvalue weighted by Crippen LogP contribution is -2.07. The lowest BCUT2D eigenvalue weighted by Gasteiger charge is -2.07. The van der Waals surface area contributed by atoms with Crippen LogP contribution in [0, 0.1) is 5.82 Å². The summed E-state index contributed by atoms with van der Waals surface area (Å²) in [5, 5.41) is 8.63. The van der Waals surface area contributed by atoms with E-state index in [1.807, 2.05) is 13.8 Å². The molecule has 0 heterocycles. The molecule has 14 heavy (non-hydrogen) atoms. The van der Waals surface area contributed by atoms with Gasteiger partial charge in [0.25, 0.3) is 0 Å². The van der Waals surface area contributed by atoms with Crippen LogP contribution in [0.2, 0.25) is 0 Å². The second kappa shape index (κ2) is 4.83. The molecule has 5 heteroatoms. The zero-order chi connectivity index (χ0) is 11.4. The van der Waals surface area contributed by atoms with E-state index in [9.17, 15) is 17.6 Å². The van der Waals surface area contributed by atoms with Gasteiger partial charge >= 0.3 is 6.18 Å². The van der Waals surface area contributed by atoms with Crippen LogP contribution in [0.1, 0.15) is 19.4 Å². The first-order valence-electron chi connectivity index (χ1n) is 3.97. The maximum absolute atomic E-state index is 12.4. The maximum atomic E-state index is 12.4. The van der Waals surface area contributed by atoms with E-state index in [1.54, 1.807) is 0 Å². The Morgan fingerprint density at radius 2 is 1.64 bits per heavy atom. The summed E-state index contributed by atoms with van der Waals surface area (Å²) in [5.41, 5.74) is -1.46. The van der Waals surface area contributed by atoms with Gasteiger partial charge in [0, 0.05) is 0 Å². The smallest absolute Gasteiger partial charge is 0.419 e.